The van der Waals surface area contributed by atoms with Crippen molar-refractivity contribution in [3.63, 3.8) is 0 Å². The number of aryl methyl sites for hydroxylation is 1. The molecular weight excluding hydrogens is 445 g/mol. The number of aliphatic hydroxyl groups excluding tert-OH is 1. The molecule has 1 fully saturated rings. The molecule has 31 heavy (non-hydrogen) atoms. The van der Waals surface area contributed by atoms with Crippen molar-refractivity contribution in [2.75, 3.05) is 12.0 Å². The van der Waals surface area contributed by atoms with E-state index in [-0.39, 0.29) is 22.0 Å². The molecule has 1 amide bonds. The number of ketones is 1. The molecule has 2 aromatic carbocycles. The molecule has 4 rings (SSSR count). The Hall–Kier alpha value is -3.30. The SMILES string of the molecule is COc1ccc(F)cc1/C(O)=C1\C(=O)C(=O)N(c2nnc(C)s2)[C@@H]1c1cccc(Cl)c1. The molecule has 2 heterocycles. The van der Waals surface area contributed by atoms with E-state index in [1.54, 1.807) is 31.2 Å². The monoisotopic (exact) mass is 459 g/mol. The maximum atomic E-state index is 13.9. The molecule has 10 heteroatoms. The van der Waals surface area contributed by atoms with Gasteiger partial charge < -0.3 is 9.84 Å². The average molecular weight is 460 g/mol. The van der Waals surface area contributed by atoms with Gasteiger partial charge in [-0.1, -0.05) is 35.1 Å². The maximum Gasteiger partial charge on any atom is 0.301 e. The second kappa shape index (κ2) is 8.09. The van der Waals surface area contributed by atoms with Crippen LogP contribution in [0.3, 0.4) is 0 Å². The van der Waals surface area contributed by atoms with Gasteiger partial charge in [0.15, 0.2) is 0 Å². The minimum Gasteiger partial charge on any atom is -0.507 e. The first-order valence-corrected chi connectivity index (χ1v) is 10.2. The standard InChI is InChI=1S/C21H15ClFN3O4S/c1-10-24-25-21(31-10)26-17(11-4-3-5-12(22)8-11)16(19(28)20(26)29)18(27)14-9-13(23)6-7-15(14)30-2/h3-9,17,27H,1-2H3/b18-16+/t17-/m1/s1. The lowest BCUT2D eigenvalue weighted by atomic mass is 9.95. The lowest BCUT2D eigenvalue weighted by Gasteiger charge is -2.23. The summed E-state index contributed by atoms with van der Waals surface area (Å²) >= 11 is 7.27. The molecular formula is C21H15ClFN3O4S. The summed E-state index contributed by atoms with van der Waals surface area (Å²) in [6.45, 7) is 1.71. The number of anilines is 1. The van der Waals surface area contributed by atoms with Gasteiger partial charge in [0.1, 0.15) is 22.3 Å². The number of methoxy groups -OCH3 is 1. The van der Waals surface area contributed by atoms with Crippen LogP contribution >= 0.6 is 22.9 Å². The number of halogens is 2. The van der Waals surface area contributed by atoms with E-state index in [4.69, 9.17) is 16.3 Å². The van der Waals surface area contributed by atoms with E-state index in [9.17, 15) is 19.1 Å². The zero-order valence-electron chi connectivity index (χ0n) is 16.3. The van der Waals surface area contributed by atoms with Gasteiger partial charge >= 0.3 is 5.91 Å². The van der Waals surface area contributed by atoms with Crippen LogP contribution < -0.4 is 9.64 Å². The molecule has 1 aliphatic rings. The first-order chi connectivity index (χ1) is 14.8. The Balaban J connectivity index is 1.99. The summed E-state index contributed by atoms with van der Waals surface area (Å²) < 4.78 is 19.1. The van der Waals surface area contributed by atoms with Crippen LogP contribution in [0, 0.1) is 12.7 Å². The molecule has 0 bridgehead atoms. The lowest BCUT2D eigenvalue weighted by Crippen LogP contribution is -2.29. The van der Waals surface area contributed by atoms with Crippen molar-refractivity contribution in [3.8, 4) is 5.75 Å². The zero-order valence-corrected chi connectivity index (χ0v) is 17.9. The average Bonchev–Trinajstić information content (AvgIpc) is 3.28. The normalized spacial score (nSPS) is 17.9. The van der Waals surface area contributed by atoms with Gasteiger partial charge in [-0.25, -0.2) is 4.39 Å². The van der Waals surface area contributed by atoms with E-state index in [2.05, 4.69) is 10.2 Å². The number of Topliss-reactive ketones (excluding diaryl/α,β-unsaturated/α-hetero) is 1. The van der Waals surface area contributed by atoms with E-state index in [0.29, 0.717) is 15.6 Å². The predicted octanol–water partition coefficient (Wildman–Crippen LogP) is 4.27. The molecule has 0 radical (unpaired) electrons. The minimum absolute atomic E-state index is 0.0547. The highest BCUT2D eigenvalue weighted by molar-refractivity contribution is 7.15. The van der Waals surface area contributed by atoms with Gasteiger partial charge in [0, 0.05) is 5.02 Å². The summed E-state index contributed by atoms with van der Waals surface area (Å²) in [4.78, 5) is 27.2. The quantitative estimate of drug-likeness (QED) is 0.356. The number of nitrogens with zero attached hydrogens (tertiary/aromatic N) is 3. The number of ether oxygens (including phenoxy) is 1. The Morgan fingerprint density at radius 3 is 2.65 bits per heavy atom. The topological polar surface area (TPSA) is 92.6 Å². The van der Waals surface area contributed by atoms with Gasteiger partial charge in [0.2, 0.25) is 5.13 Å². The first-order valence-electron chi connectivity index (χ1n) is 9.02. The van der Waals surface area contributed by atoms with Crippen LogP contribution in [0.4, 0.5) is 9.52 Å². The third-order valence-corrected chi connectivity index (χ3v) is 5.82. The van der Waals surface area contributed by atoms with E-state index in [1.165, 1.54) is 13.2 Å². The van der Waals surface area contributed by atoms with Crippen molar-refractivity contribution < 1.29 is 23.8 Å². The molecule has 0 unspecified atom stereocenters. The summed E-state index contributed by atoms with van der Waals surface area (Å²) in [5, 5.41) is 20.2. The van der Waals surface area contributed by atoms with Gasteiger partial charge in [-0.15, -0.1) is 10.2 Å². The fourth-order valence-electron chi connectivity index (χ4n) is 3.42. The number of carbonyl (C=O) groups excluding carboxylic acids is 2. The molecule has 1 atom stereocenters. The number of hydrogen-bond donors (Lipinski definition) is 1. The van der Waals surface area contributed by atoms with E-state index < -0.39 is 29.3 Å². The Bertz CT molecular complexity index is 1240. The van der Waals surface area contributed by atoms with Crippen molar-refractivity contribution in [1.29, 1.82) is 0 Å². The number of amides is 1. The lowest BCUT2D eigenvalue weighted by molar-refractivity contribution is -0.132. The summed E-state index contributed by atoms with van der Waals surface area (Å²) in [6.07, 6.45) is 0. The largest absolute Gasteiger partial charge is 0.507 e. The molecule has 158 valence electrons. The van der Waals surface area contributed by atoms with Crippen molar-refractivity contribution in [2.45, 2.75) is 13.0 Å². The molecule has 0 aliphatic carbocycles. The van der Waals surface area contributed by atoms with Crippen LogP contribution in [-0.4, -0.2) is 34.1 Å². The molecule has 1 aromatic heterocycles. The number of hydrogen-bond acceptors (Lipinski definition) is 7. The minimum atomic E-state index is -1.04. The summed E-state index contributed by atoms with van der Waals surface area (Å²) in [5.41, 5.74) is 0.182. The van der Waals surface area contributed by atoms with Crippen molar-refractivity contribution in [2.24, 2.45) is 0 Å². The molecule has 3 aromatic rings. The highest BCUT2D eigenvalue weighted by Crippen LogP contribution is 2.44. The fourth-order valence-corrected chi connectivity index (χ4v) is 4.33. The predicted molar refractivity (Wildman–Crippen MR) is 114 cm³/mol. The van der Waals surface area contributed by atoms with Gasteiger partial charge in [0.05, 0.1) is 24.3 Å². The third-order valence-electron chi connectivity index (χ3n) is 4.75. The number of carbonyl (C=O) groups is 2. The van der Waals surface area contributed by atoms with Crippen LogP contribution in [0.25, 0.3) is 5.76 Å². The molecule has 1 saturated heterocycles. The van der Waals surface area contributed by atoms with Gasteiger partial charge in [-0.2, -0.15) is 0 Å². The van der Waals surface area contributed by atoms with Gasteiger partial charge in [-0.3, -0.25) is 14.5 Å². The summed E-state index contributed by atoms with van der Waals surface area (Å²) in [7, 11) is 1.35. The Morgan fingerprint density at radius 2 is 2.00 bits per heavy atom. The summed E-state index contributed by atoms with van der Waals surface area (Å²) in [6, 6.07) is 9.02. The van der Waals surface area contributed by atoms with Crippen LogP contribution in [0.1, 0.15) is 22.2 Å². The number of aromatic nitrogens is 2. The van der Waals surface area contributed by atoms with Crippen molar-refractivity contribution in [1.82, 2.24) is 10.2 Å². The van der Waals surface area contributed by atoms with E-state index in [1.807, 2.05) is 0 Å². The molecule has 1 aliphatic heterocycles. The Labute approximate surface area is 185 Å². The Morgan fingerprint density at radius 1 is 1.23 bits per heavy atom. The van der Waals surface area contributed by atoms with Crippen molar-refractivity contribution in [3.05, 3.63) is 75.0 Å². The number of benzene rings is 2. The molecule has 1 N–H and O–H groups in total. The van der Waals surface area contributed by atoms with E-state index in [0.717, 1.165) is 28.4 Å². The smallest absolute Gasteiger partial charge is 0.301 e. The van der Waals surface area contributed by atoms with Crippen LogP contribution in [0.15, 0.2) is 48.0 Å². The first kappa shape index (κ1) is 21.0. The van der Waals surface area contributed by atoms with E-state index >= 15 is 0 Å². The van der Waals surface area contributed by atoms with Crippen LogP contribution in [0.5, 0.6) is 5.75 Å². The maximum absolute atomic E-state index is 13.9. The van der Waals surface area contributed by atoms with Gasteiger partial charge in [0.25, 0.3) is 5.78 Å². The second-order valence-corrected chi connectivity index (χ2v) is 8.27. The zero-order chi connectivity index (χ0) is 22.3. The molecule has 7 nitrogen and oxygen atoms in total. The fraction of sp³-hybridized carbons (Fsp3) is 0.143. The molecule has 0 saturated carbocycles. The summed E-state index contributed by atoms with van der Waals surface area (Å²) in [5.74, 6) is -2.90. The third kappa shape index (κ3) is 3.66. The highest BCUT2D eigenvalue weighted by Gasteiger charge is 2.48. The number of aliphatic hydroxyl groups is 1. The van der Waals surface area contributed by atoms with Crippen molar-refractivity contribution >= 4 is 45.5 Å². The number of rotatable bonds is 4. The second-order valence-electron chi connectivity index (χ2n) is 6.67. The Kier molecular flexibility index (Phi) is 5.47. The van der Waals surface area contributed by atoms with Crippen LogP contribution in [-0.2, 0) is 9.59 Å². The highest BCUT2D eigenvalue weighted by atomic mass is 35.5. The molecule has 0 spiro atoms. The van der Waals surface area contributed by atoms with Gasteiger partial charge in [-0.05, 0) is 42.8 Å². The van der Waals surface area contributed by atoms with Crippen LogP contribution in [0.2, 0.25) is 5.02 Å².